The Morgan fingerprint density at radius 3 is 2.89 bits per heavy atom. The number of carbonyl (C=O) groups is 1. The van der Waals surface area contributed by atoms with E-state index < -0.39 is 11.8 Å². The van der Waals surface area contributed by atoms with E-state index in [4.69, 9.17) is 9.47 Å². The highest BCUT2D eigenvalue weighted by Gasteiger charge is 2.19. The van der Waals surface area contributed by atoms with Gasteiger partial charge in [0, 0.05) is 13.0 Å². The first-order valence-corrected chi connectivity index (χ1v) is 5.62. The predicted molar refractivity (Wildman–Crippen MR) is 69.3 cm³/mol. The van der Waals surface area contributed by atoms with Gasteiger partial charge >= 0.3 is 5.97 Å². The number of halogens is 1. The van der Waals surface area contributed by atoms with Gasteiger partial charge in [0.15, 0.2) is 11.6 Å². The fourth-order valence-corrected chi connectivity index (χ4v) is 1.58. The molecule has 0 fully saturated rings. The second kappa shape index (κ2) is 5.48. The average Bonchev–Trinajstić information content (AvgIpc) is 2.64. The number of cyclic esters (lactones) is 1. The number of carbonyl (C=O) groups excluding carboxylic acids is 1. The molecular weight excluding hydrogens is 249 g/mol. The van der Waals surface area contributed by atoms with Gasteiger partial charge in [-0.2, -0.15) is 0 Å². The van der Waals surface area contributed by atoms with Crippen LogP contribution in [0.4, 0.5) is 4.39 Å². The van der Waals surface area contributed by atoms with E-state index in [-0.39, 0.29) is 18.2 Å². The molecule has 5 heteroatoms. The number of hydrogen-bond acceptors (Lipinski definition) is 4. The van der Waals surface area contributed by atoms with Gasteiger partial charge in [-0.1, -0.05) is 12.7 Å². The number of hydrogen-bond donors (Lipinski definition) is 0. The Morgan fingerprint density at radius 2 is 2.26 bits per heavy atom. The van der Waals surface area contributed by atoms with Crippen molar-refractivity contribution in [2.45, 2.75) is 6.92 Å². The molecule has 1 aliphatic rings. The molecule has 0 bridgehead atoms. The van der Waals surface area contributed by atoms with Gasteiger partial charge < -0.3 is 9.47 Å². The van der Waals surface area contributed by atoms with Crippen LogP contribution in [-0.4, -0.2) is 18.5 Å². The molecule has 0 aromatic heterocycles. The van der Waals surface area contributed by atoms with Crippen LogP contribution in [0.15, 0.2) is 41.5 Å². The Labute approximate surface area is 109 Å². The molecule has 0 saturated carbocycles. The molecule has 2 rings (SSSR count). The monoisotopic (exact) mass is 261 g/mol. The third-order valence-electron chi connectivity index (χ3n) is 2.29. The fraction of sp³-hybridized carbons (Fsp3) is 0.143. The fourth-order valence-electron chi connectivity index (χ4n) is 1.58. The molecule has 0 saturated heterocycles. The molecule has 0 aliphatic carbocycles. The van der Waals surface area contributed by atoms with E-state index >= 15 is 0 Å². The van der Waals surface area contributed by atoms with Gasteiger partial charge in [0.2, 0.25) is 0 Å². The highest BCUT2D eigenvalue weighted by Crippen LogP contribution is 2.21. The lowest BCUT2D eigenvalue weighted by Gasteiger charge is -2.04. The lowest BCUT2D eigenvalue weighted by molar-refractivity contribution is -0.130. The zero-order valence-electron chi connectivity index (χ0n) is 10.4. The molecule has 1 aromatic carbocycles. The summed E-state index contributed by atoms with van der Waals surface area (Å²) < 4.78 is 23.4. The van der Waals surface area contributed by atoms with Gasteiger partial charge in [0.1, 0.15) is 18.2 Å². The minimum Gasteiger partial charge on any atom is -0.489 e. The van der Waals surface area contributed by atoms with Crippen LogP contribution in [0, 0.1) is 5.82 Å². The summed E-state index contributed by atoms with van der Waals surface area (Å²) in [6.07, 6.45) is 3.01. The molecule has 4 nitrogen and oxygen atoms in total. The smallest absolute Gasteiger partial charge is 0.363 e. The van der Waals surface area contributed by atoms with Crippen LogP contribution in [0.2, 0.25) is 0 Å². The number of aliphatic imine (C=N–C) groups is 1. The van der Waals surface area contributed by atoms with Crippen LogP contribution in [0.25, 0.3) is 6.08 Å². The normalized spacial score (nSPS) is 16.2. The number of benzene rings is 1. The highest BCUT2D eigenvalue weighted by molar-refractivity contribution is 6.06. The van der Waals surface area contributed by atoms with E-state index in [0.717, 1.165) is 0 Å². The first-order chi connectivity index (χ1) is 9.08. The molecule has 98 valence electrons. The van der Waals surface area contributed by atoms with Crippen LogP contribution in [0.1, 0.15) is 12.5 Å². The van der Waals surface area contributed by atoms with Crippen molar-refractivity contribution in [2.75, 3.05) is 6.61 Å². The number of esters is 1. The van der Waals surface area contributed by atoms with Crippen LogP contribution >= 0.6 is 0 Å². The highest BCUT2D eigenvalue weighted by atomic mass is 19.1. The summed E-state index contributed by atoms with van der Waals surface area (Å²) in [7, 11) is 0. The van der Waals surface area contributed by atoms with Crippen LogP contribution in [0.5, 0.6) is 5.75 Å². The third-order valence-corrected chi connectivity index (χ3v) is 2.29. The lowest BCUT2D eigenvalue weighted by Crippen LogP contribution is -2.00. The quantitative estimate of drug-likeness (QED) is 0.475. The predicted octanol–water partition coefficient (Wildman–Crippen LogP) is 2.71. The summed E-state index contributed by atoms with van der Waals surface area (Å²) in [6.45, 7) is 5.36. The van der Waals surface area contributed by atoms with Gasteiger partial charge in [0.25, 0.3) is 0 Å². The van der Waals surface area contributed by atoms with Crippen molar-refractivity contribution < 1.29 is 18.7 Å². The molecule has 19 heavy (non-hydrogen) atoms. The Bertz CT molecular complexity index is 590. The maximum Gasteiger partial charge on any atom is 0.363 e. The van der Waals surface area contributed by atoms with Crippen molar-refractivity contribution >= 4 is 17.9 Å². The summed E-state index contributed by atoms with van der Waals surface area (Å²) in [6, 6.07) is 4.15. The molecule has 0 amide bonds. The Hall–Kier alpha value is -2.43. The van der Waals surface area contributed by atoms with Crippen molar-refractivity contribution in [3.8, 4) is 5.75 Å². The maximum absolute atomic E-state index is 13.4. The van der Waals surface area contributed by atoms with Gasteiger partial charge in [-0.25, -0.2) is 14.2 Å². The van der Waals surface area contributed by atoms with E-state index in [2.05, 4.69) is 11.6 Å². The van der Waals surface area contributed by atoms with E-state index in [9.17, 15) is 9.18 Å². The molecule has 1 heterocycles. The van der Waals surface area contributed by atoms with Crippen molar-refractivity contribution in [3.05, 3.63) is 47.9 Å². The van der Waals surface area contributed by atoms with E-state index in [0.29, 0.717) is 11.3 Å². The van der Waals surface area contributed by atoms with Crippen LogP contribution < -0.4 is 4.74 Å². The molecule has 1 aromatic rings. The first-order valence-electron chi connectivity index (χ1n) is 5.62. The van der Waals surface area contributed by atoms with E-state index in [1.807, 2.05) is 0 Å². The summed E-state index contributed by atoms with van der Waals surface area (Å²) in [5.41, 5.74) is 0.613. The average molecular weight is 261 g/mol. The minimum atomic E-state index is -0.546. The summed E-state index contributed by atoms with van der Waals surface area (Å²) in [4.78, 5) is 15.3. The Balaban J connectivity index is 2.30. The van der Waals surface area contributed by atoms with Crippen molar-refractivity contribution in [1.29, 1.82) is 0 Å². The van der Waals surface area contributed by atoms with Gasteiger partial charge in [-0.05, 0) is 23.8 Å². The van der Waals surface area contributed by atoms with Crippen LogP contribution in [0.3, 0.4) is 0 Å². The number of nitrogens with zero attached hydrogens (tertiary/aromatic N) is 1. The SMILES string of the molecule is C=CCOc1cc(F)cc(/C=C2\N=C(C)OC2=O)c1. The maximum atomic E-state index is 13.4. The minimum absolute atomic E-state index is 0.137. The summed E-state index contributed by atoms with van der Waals surface area (Å²) in [5, 5.41) is 0. The molecule has 0 spiro atoms. The van der Waals surface area contributed by atoms with Gasteiger partial charge in [0.05, 0.1) is 0 Å². The second-order valence-electron chi connectivity index (χ2n) is 3.87. The summed E-state index contributed by atoms with van der Waals surface area (Å²) >= 11 is 0. The molecule has 0 radical (unpaired) electrons. The third kappa shape index (κ3) is 3.28. The number of ether oxygens (including phenoxy) is 2. The molecule has 0 atom stereocenters. The van der Waals surface area contributed by atoms with Crippen molar-refractivity contribution in [2.24, 2.45) is 4.99 Å². The molecule has 0 unspecified atom stereocenters. The lowest BCUT2D eigenvalue weighted by atomic mass is 10.1. The van der Waals surface area contributed by atoms with E-state index in [1.54, 1.807) is 19.1 Å². The van der Waals surface area contributed by atoms with Crippen LogP contribution in [-0.2, 0) is 9.53 Å². The zero-order chi connectivity index (χ0) is 13.8. The van der Waals surface area contributed by atoms with Crippen molar-refractivity contribution in [1.82, 2.24) is 0 Å². The van der Waals surface area contributed by atoms with Crippen molar-refractivity contribution in [3.63, 3.8) is 0 Å². The largest absolute Gasteiger partial charge is 0.489 e. The first kappa shape index (κ1) is 13.0. The van der Waals surface area contributed by atoms with Gasteiger partial charge in [-0.3, -0.25) is 0 Å². The standard InChI is InChI=1S/C14H12FNO3/c1-3-4-18-12-6-10(5-11(15)8-12)7-13-14(17)19-9(2)16-13/h3,5-8H,1,4H2,2H3/b13-7-. The molecular formula is C14H12FNO3. The summed E-state index contributed by atoms with van der Waals surface area (Å²) in [5.74, 6) is -0.370. The second-order valence-corrected chi connectivity index (χ2v) is 3.87. The molecule has 0 N–H and O–H groups in total. The van der Waals surface area contributed by atoms with E-state index in [1.165, 1.54) is 18.2 Å². The Kier molecular flexibility index (Phi) is 3.75. The Morgan fingerprint density at radius 1 is 1.47 bits per heavy atom. The van der Waals surface area contributed by atoms with Gasteiger partial charge in [-0.15, -0.1) is 0 Å². The topological polar surface area (TPSA) is 47.9 Å². The zero-order valence-corrected chi connectivity index (χ0v) is 10.4. The number of rotatable bonds is 4. The molecule has 1 aliphatic heterocycles.